The molecule has 1 atom stereocenters. The van der Waals surface area contributed by atoms with Gasteiger partial charge in [-0.25, -0.2) is 9.59 Å². The standard InChI is InChI=1S/C27H37N3O4/c1-18(2)17-30(22-8-6-5-7-9-22)25-15-14-23(34-20(4)26(31)32)16-24(25)29-27(33)28-21-12-10-19(3)11-13-21/h10-16,18,20,22H,5-9,17H2,1-4H3,(H,31,32)(H2,28,29,33). The number of nitrogens with zero attached hydrogens (tertiary/aromatic N) is 1. The number of carbonyl (C=O) groups excluding carboxylic acids is 1. The van der Waals surface area contributed by atoms with Gasteiger partial charge in [-0.05, 0) is 56.9 Å². The Kier molecular flexibility index (Phi) is 8.79. The molecule has 1 unspecified atom stereocenters. The van der Waals surface area contributed by atoms with E-state index >= 15 is 0 Å². The van der Waals surface area contributed by atoms with Gasteiger partial charge >= 0.3 is 12.0 Å². The summed E-state index contributed by atoms with van der Waals surface area (Å²) in [7, 11) is 0. The molecule has 3 N–H and O–H groups in total. The number of aliphatic carboxylic acids is 1. The van der Waals surface area contributed by atoms with E-state index in [1.165, 1.54) is 26.2 Å². The van der Waals surface area contributed by atoms with E-state index in [1.807, 2.05) is 37.3 Å². The second kappa shape index (κ2) is 11.8. The minimum atomic E-state index is -1.04. The number of benzene rings is 2. The van der Waals surface area contributed by atoms with Crippen molar-refractivity contribution in [2.24, 2.45) is 5.92 Å². The van der Waals surface area contributed by atoms with Crippen LogP contribution in [0.5, 0.6) is 5.75 Å². The van der Waals surface area contributed by atoms with Crippen molar-refractivity contribution in [3.05, 3.63) is 48.0 Å². The van der Waals surface area contributed by atoms with Gasteiger partial charge in [0.1, 0.15) is 5.75 Å². The first kappa shape index (κ1) is 25.4. The monoisotopic (exact) mass is 467 g/mol. The van der Waals surface area contributed by atoms with Crippen LogP contribution in [0.1, 0.15) is 58.4 Å². The number of hydrogen-bond acceptors (Lipinski definition) is 4. The van der Waals surface area contributed by atoms with Crippen LogP contribution in [0, 0.1) is 12.8 Å². The molecule has 0 spiro atoms. The molecular formula is C27H37N3O4. The Bertz CT molecular complexity index is 968. The van der Waals surface area contributed by atoms with Gasteiger partial charge in [-0.15, -0.1) is 0 Å². The maximum absolute atomic E-state index is 12.9. The van der Waals surface area contributed by atoms with E-state index in [4.69, 9.17) is 4.74 Å². The Balaban J connectivity index is 1.91. The molecule has 3 rings (SSSR count). The average molecular weight is 468 g/mol. The highest BCUT2D eigenvalue weighted by molar-refractivity contribution is 6.02. The molecule has 34 heavy (non-hydrogen) atoms. The van der Waals surface area contributed by atoms with Crippen LogP contribution >= 0.6 is 0 Å². The number of carboxylic acid groups (broad SMARTS) is 1. The minimum Gasteiger partial charge on any atom is -0.479 e. The van der Waals surface area contributed by atoms with Gasteiger partial charge in [0.05, 0.1) is 11.4 Å². The number of urea groups is 1. The zero-order valence-corrected chi connectivity index (χ0v) is 20.6. The fourth-order valence-electron chi connectivity index (χ4n) is 4.35. The van der Waals surface area contributed by atoms with Crippen molar-refractivity contribution in [3.63, 3.8) is 0 Å². The smallest absolute Gasteiger partial charge is 0.344 e. The summed E-state index contributed by atoms with van der Waals surface area (Å²) in [5, 5.41) is 15.1. The Morgan fingerprint density at radius 2 is 1.71 bits per heavy atom. The number of carbonyl (C=O) groups is 2. The summed E-state index contributed by atoms with van der Waals surface area (Å²) in [6.45, 7) is 8.73. The summed E-state index contributed by atoms with van der Waals surface area (Å²) in [5.41, 5.74) is 3.34. The normalized spacial score (nSPS) is 15.0. The number of aryl methyl sites for hydroxylation is 1. The van der Waals surface area contributed by atoms with Crippen LogP contribution < -0.4 is 20.3 Å². The average Bonchev–Trinajstić information content (AvgIpc) is 2.80. The Morgan fingerprint density at radius 3 is 2.32 bits per heavy atom. The molecule has 1 aliphatic rings. The van der Waals surface area contributed by atoms with Crippen LogP contribution in [-0.4, -0.2) is 35.8 Å². The van der Waals surface area contributed by atoms with Gasteiger partial charge in [0.15, 0.2) is 6.10 Å². The van der Waals surface area contributed by atoms with Crippen molar-refractivity contribution < 1.29 is 19.4 Å². The minimum absolute atomic E-state index is 0.360. The summed E-state index contributed by atoms with van der Waals surface area (Å²) in [6.07, 6.45) is 4.91. The second-order valence-corrected chi connectivity index (χ2v) is 9.56. The van der Waals surface area contributed by atoms with Gasteiger partial charge < -0.3 is 25.4 Å². The van der Waals surface area contributed by atoms with E-state index in [0.717, 1.165) is 30.6 Å². The molecule has 0 aromatic heterocycles. The molecule has 184 valence electrons. The molecule has 2 amide bonds. The number of amides is 2. The molecule has 1 saturated carbocycles. The number of rotatable bonds is 9. The lowest BCUT2D eigenvalue weighted by Crippen LogP contribution is -2.40. The first-order valence-corrected chi connectivity index (χ1v) is 12.2. The van der Waals surface area contributed by atoms with Gasteiger partial charge in [-0.2, -0.15) is 0 Å². The highest BCUT2D eigenvalue weighted by atomic mass is 16.5. The Labute approximate surface area is 202 Å². The van der Waals surface area contributed by atoms with Crippen molar-refractivity contribution in [3.8, 4) is 5.75 Å². The van der Waals surface area contributed by atoms with E-state index in [-0.39, 0.29) is 6.03 Å². The molecule has 7 heteroatoms. The number of ether oxygens (including phenoxy) is 1. The van der Waals surface area contributed by atoms with E-state index in [0.29, 0.717) is 29.1 Å². The topological polar surface area (TPSA) is 90.9 Å². The van der Waals surface area contributed by atoms with Crippen molar-refractivity contribution in [2.45, 2.75) is 71.9 Å². The number of anilines is 3. The molecular weight excluding hydrogens is 430 g/mol. The van der Waals surface area contributed by atoms with E-state index in [1.54, 1.807) is 12.1 Å². The van der Waals surface area contributed by atoms with Crippen LogP contribution in [0.2, 0.25) is 0 Å². The molecule has 2 aromatic carbocycles. The third kappa shape index (κ3) is 7.14. The lowest BCUT2D eigenvalue weighted by atomic mass is 9.93. The van der Waals surface area contributed by atoms with Crippen molar-refractivity contribution in [1.82, 2.24) is 0 Å². The van der Waals surface area contributed by atoms with E-state index in [9.17, 15) is 14.7 Å². The SMILES string of the molecule is Cc1ccc(NC(=O)Nc2cc(OC(C)C(=O)O)ccc2N(CC(C)C)C2CCCCC2)cc1. The zero-order chi connectivity index (χ0) is 24.7. The summed E-state index contributed by atoms with van der Waals surface area (Å²) in [6, 6.07) is 13.1. The number of nitrogens with one attached hydrogen (secondary N) is 2. The Morgan fingerprint density at radius 1 is 1.03 bits per heavy atom. The quantitative estimate of drug-likeness (QED) is 0.403. The highest BCUT2D eigenvalue weighted by Crippen LogP contribution is 2.36. The van der Waals surface area contributed by atoms with Gasteiger partial charge in [0.25, 0.3) is 0 Å². The van der Waals surface area contributed by atoms with Crippen molar-refractivity contribution >= 4 is 29.1 Å². The molecule has 0 bridgehead atoms. The van der Waals surface area contributed by atoms with Crippen molar-refractivity contribution in [2.75, 3.05) is 22.1 Å². The third-order valence-corrected chi connectivity index (χ3v) is 6.07. The highest BCUT2D eigenvalue weighted by Gasteiger charge is 2.25. The third-order valence-electron chi connectivity index (χ3n) is 6.07. The Hall–Kier alpha value is -3.22. The fraction of sp³-hybridized carbons (Fsp3) is 0.481. The largest absolute Gasteiger partial charge is 0.479 e. The van der Waals surface area contributed by atoms with Gasteiger partial charge in [0.2, 0.25) is 0 Å². The second-order valence-electron chi connectivity index (χ2n) is 9.56. The van der Waals surface area contributed by atoms with Crippen LogP contribution in [0.4, 0.5) is 21.9 Å². The molecule has 2 aromatic rings. The summed E-state index contributed by atoms with van der Waals surface area (Å²) >= 11 is 0. The first-order chi connectivity index (χ1) is 16.2. The van der Waals surface area contributed by atoms with Crippen LogP contribution in [-0.2, 0) is 4.79 Å². The molecule has 0 saturated heterocycles. The predicted octanol–water partition coefficient (Wildman–Crippen LogP) is 6.29. The van der Waals surface area contributed by atoms with E-state index < -0.39 is 12.1 Å². The van der Waals surface area contributed by atoms with Crippen LogP contribution in [0.25, 0.3) is 0 Å². The van der Waals surface area contributed by atoms with Gasteiger partial charge in [-0.3, -0.25) is 0 Å². The fourth-order valence-corrected chi connectivity index (χ4v) is 4.35. The van der Waals surface area contributed by atoms with Crippen molar-refractivity contribution in [1.29, 1.82) is 0 Å². The summed E-state index contributed by atoms with van der Waals surface area (Å²) in [4.78, 5) is 26.6. The lowest BCUT2D eigenvalue weighted by molar-refractivity contribution is -0.144. The van der Waals surface area contributed by atoms with Gasteiger partial charge in [0, 0.05) is 24.3 Å². The maximum Gasteiger partial charge on any atom is 0.344 e. The zero-order valence-electron chi connectivity index (χ0n) is 20.6. The summed E-state index contributed by atoms with van der Waals surface area (Å²) in [5.74, 6) is -0.198. The van der Waals surface area contributed by atoms with Gasteiger partial charge in [-0.1, -0.05) is 50.8 Å². The van der Waals surface area contributed by atoms with Crippen LogP contribution in [0.3, 0.4) is 0 Å². The first-order valence-electron chi connectivity index (χ1n) is 12.2. The number of carboxylic acids is 1. The van der Waals surface area contributed by atoms with E-state index in [2.05, 4.69) is 29.4 Å². The molecule has 0 aliphatic heterocycles. The molecule has 7 nitrogen and oxygen atoms in total. The maximum atomic E-state index is 12.9. The molecule has 0 radical (unpaired) electrons. The lowest BCUT2D eigenvalue weighted by Gasteiger charge is -2.38. The molecule has 0 heterocycles. The number of hydrogen-bond donors (Lipinski definition) is 3. The van der Waals surface area contributed by atoms with Crippen LogP contribution in [0.15, 0.2) is 42.5 Å². The molecule has 1 aliphatic carbocycles. The molecule has 1 fully saturated rings. The predicted molar refractivity (Wildman–Crippen MR) is 137 cm³/mol. The summed E-state index contributed by atoms with van der Waals surface area (Å²) < 4.78 is 5.60.